The summed E-state index contributed by atoms with van der Waals surface area (Å²) in [7, 11) is 0. The van der Waals surface area contributed by atoms with Crippen molar-refractivity contribution in [3.8, 4) is 0 Å². The molecule has 2 fully saturated rings. The monoisotopic (exact) mass is 332 g/mol. The van der Waals surface area contributed by atoms with Gasteiger partial charge in [-0.3, -0.25) is 0 Å². The number of halogens is 4. The van der Waals surface area contributed by atoms with Crippen molar-refractivity contribution in [1.29, 1.82) is 0 Å². The Morgan fingerprint density at radius 3 is 2.59 bits per heavy atom. The SMILES string of the molecule is FC(F)(F)SCCC1(CBr)CCOC1C1CC1. The number of ether oxygens (including phenoxy) is 1. The number of alkyl halides is 4. The molecule has 0 radical (unpaired) electrons. The van der Waals surface area contributed by atoms with E-state index in [2.05, 4.69) is 15.9 Å². The van der Waals surface area contributed by atoms with E-state index in [0.717, 1.165) is 11.8 Å². The zero-order valence-corrected chi connectivity index (χ0v) is 11.8. The van der Waals surface area contributed by atoms with Gasteiger partial charge in [0.25, 0.3) is 0 Å². The highest BCUT2D eigenvalue weighted by Gasteiger charge is 2.50. The molecule has 0 bridgehead atoms. The van der Waals surface area contributed by atoms with E-state index in [1.807, 2.05) is 0 Å². The second-order valence-electron chi connectivity index (χ2n) is 4.92. The summed E-state index contributed by atoms with van der Waals surface area (Å²) >= 11 is 3.57. The zero-order valence-electron chi connectivity index (χ0n) is 9.43. The van der Waals surface area contributed by atoms with Crippen LogP contribution in [0.3, 0.4) is 0 Å². The van der Waals surface area contributed by atoms with Crippen LogP contribution in [-0.2, 0) is 4.74 Å². The van der Waals surface area contributed by atoms with E-state index in [1.165, 1.54) is 12.8 Å². The molecule has 1 nitrogen and oxygen atoms in total. The van der Waals surface area contributed by atoms with Gasteiger partial charge in [0.05, 0.1) is 6.10 Å². The average molecular weight is 333 g/mol. The highest BCUT2D eigenvalue weighted by molar-refractivity contribution is 9.09. The fraction of sp³-hybridized carbons (Fsp3) is 1.00. The maximum absolute atomic E-state index is 12.1. The summed E-state index contributed by atoms with van der Waals surface area (Å²) in [5.74, 6) is 0.729. The van der Waals surface area contributed by atoms with Crippen molar-refractivity contribution in [2.75, 3.05) is 17.7 Å². The van der Waals surface area contributed by atoms with Crippen molar-refractivity contribution >= 4 is 27.7 Å². The number of hydrogen-bond acceptors (Lipinski definition) is 2. The molecule has 0 aromatic heterocycles. The van der Waals surface area contributed by atoms with E-state index in [9.17, 15) is 13.2 Å². The topological polar surface area (TPSA) is 9.23 Å². The van der Waals surface area contributed by atoms with E-state index in [1.54, 1.807) is 0 Å². The van der Waals surface area contributed by atoms with Crippen LogP contribution in [0.2, 0.25) is 0 Å². The van der Waals surface area contributed by atoms with Gasteiger partial charge in [-0.25, -0.2) is 0 Å². The van der Waals surface area contributed by atoms with E-state index >= 15 is 0 Å². The van der Waals surface area contributed by atoms with Crippen LogP contribution in [0.4, 0.5) is 13.2 Å². The van der Waals surface area contributed by atoms with Gasteiger partial charge in [0, 0.05) is 23.1 Å². The van der Waals surface area contributed by atoms with E-state index in [0.29, 0.717) is 18.9 Å². The number of thioether (sulfide) groups is 1. The first-order chi connectivity index (χ1) is 7.97. The molecule has 2 unspecified atom stereocenters. The quantitative estimate of drug-likeness (QED) is 0.697. The Morgan fingerprint density at radius 1 is 1.35 bits per heavy atom. The Hall–Kier alpha value is 0.580. The molecule has 17 heavy (non-hydrogen) atoms. The molecule has 1 aliphatic carbocycles. The highest BCUT2D eigenvalue weighted by Crippen LogP contribution is 2.51. The molecule has 0 amide bonds. The number of rotatable bonds is 5. The summed E-state index contributed by atoms with van der Waals surface area (Å²) in [5.41, 5.74) is -4.18. The van der Waals surface area contributed by atoms with Crippen molar-refractivity contribution in [3.63, 3.8) is 0 Å². The molecule has 1 saturated carbocycles. The fourth-order valence-corrected chi connectivity index (χ4v) is 4.21. The van der Waals surface area contributed by atoms with Crippen LogP contribution >= 0.6 is 27.7 Å². The van der Waals surface area contributed by atoms with Gasteiger partial charge in [0.1, 0.15) is 0 Å². The molecule has 2 atom stereocenters. The molecular weight excluding hydrogens is 317 g/mol. The van der Waals surface area contributed by atoms with Crippen LogP contribution in [0, 0.1) is 11.3 Å². The first-order valence-corrected chi connectivity index (χ1v) is 7.96. The standard InChI is InChI=1S/C11H16BrF3OS/c12-7-10(4-6-17-11(13,14)15)3-5-16-9(10)8-1-2-8/h8-9H,1-7H2. The van der Waals surface area contributed by atoms with Gasteiger partial charge < -0.3 is 4.74 Å². The molecule has 2 aliphatic rings. The first kappa shape index (κ1) is 14.0. The van der Waals surface area contributed by atoms with Gasteiger partial charge in [-0.15, -0.1) is 0 Å². The lowest BCUT2D eigenvalue weighted by Gasteiger charge is -2.32. The summed E-state index contributed by atoms with van der Waals surface area (Å²) in [6.07, 6.45) is 4.00. The van der Waals surface area contributed by atoms with Crippen LogP contribution < -0.4 is 0 Å². The maximum atomic E-state index is 12.1. The molecule has 0 spiro atoms. The van der Waals surface area contributed by atoms with Crippen molar-refractivity contribution < 1.29 is 17.9 Å². The Balaban J connectivity index is 1.89. The summed E-state index contributed by atoms with van der Waals surface area (Å²) in [5, 5.41) is 0.750. The minimum absolute atomic E-state index is 0.0700. The Labute approximate surface area is 112 Å². The smallest absolute Gasteiger partial charge is 0.377 e. The van der Waals surface area contributed by atoms with E-state index < -0.39 is 5.51 Å². The third-order valence-corrected chi connectivity index (χ3v) is 5.54. The molecule has 6 heteroatoms. The van der Waals surface area contributed by atoms with Gasteiger partial charge in [-0.2, -0.15) is 13.2 Å². The molecule has 2 rings (SSSR count). The second kappa shape index (κ2) is 5.29. The largest absolute Gasteiger partial charge is 0.441 e. The van der Waals surface area contributed by atoms with Gasteiger partial charge in [-0.1, -0.05) is 27.7 Å². The molecule has 1 saturated heterocycles. The van der Waals surface area contributed by atoms with Crippen molar-refractivity contribution in [3.05, 3.63) is 0 Å². The van der Waals surface area contributed by atoms with Gasteiger partial charge in [0.2, 0.25) is 0 Å². The van der Waals surface area contributed by atoms with Crippen LogP contribution in [0.25, 0.3) is 0 Å². The zero-order chi connectivity index (χ0) is 12.5. The highest BCUT2D eigenvalue weighted by atomic mass is 79.9. The Morgan fingerprint density at radius 2 is 2.06 bits per heavy atom. The minimum atomic E-state index is -4.11. The van der Waals surface area contributed by atoms with Crippen LogP contribution in [-0.4, -0.2) is 29.3 Å². The normalized spacial score (nSPS) is 34.2. The molecule has 1 aliphatic heterocycles. The average Bonchev–Trinajstić information content (AvgIpc) is 2.99. The summed E-state index contributed by atoms with van der Waals surface area (Å²) < 4.78 is 42.2. The Kier molecular flexibility index (Phi) is 4.36. The van der Waals surface area contributed by atoms with Gasteiger partial charge in [0.15, 0.2) is 0 Å². The first-order valence-electron chi connectivity index (χ1n) is 5.85. The molecular formula is C11H16BrF3OS. The van der Waals surface area contributed by atoms with E-state index in [-0.39, 0.29) is 29.0 Å². The molecule has 0 N–H and O–H groups in total. The van der Waals surface area contributed by atoms with Crippen molar-refractivity contribution in [2.24, 2.45) is 11.3 Å². The van der Waals surface area contributed by atoms with Crippen LogP contribution in [0.1, 0.15) is 25.7 Å². The predicted octanol–water partition coefficient (Wildman–Crippen LogP) is 4.21. The maximum Gasteiger partial charge on any atom is 0.441 e. The molecule has 100 valence electrons. The van der Waals surface area contributed by atoms with Crippen molar-refractivity contribution in [1.82, 2.24) is 0 Å². The van der Waals surface area contributed by atoms with E-state index in [4.69, 9.17) is 4.74 Å². The lowest BCUT2D eigenvalue weighted by molar-refractivity contribution is -0.0330. The minimum Gasteiger partial charge on any atom is -0.377 e. The van der Waals surface area contributed by atoms with Crippen LogP contribution in [0.15, 0.2) is 0 Å². The summed E-state index contributed by atoms with van der Waals surface area (Å²) in [6.45, 7) is 0.698. The van der Waals surface area contributed by atoms with Gasteiger partial charge >= 0.3 is 5.51 Å². The molecule has 0 aromatic rings. The third-order valence-electron chi connectivity index (χ3n) is 3.68. The second-order valence-corrected chi connectivity index (χ2v) is 6.64. The summed E-state index contributed by atoms with van der Waals surface area (Å²) in [4.78, 5) is 0. The molecule has 0 aromatic carbocycles. The predicted molar refractivity (Wildman–Crippen MR) is 66.4 cm³/mol. The Bertz CT molecular complexity index is 270. The lowest BCUT2D eigenvalue weighted by Crippen LogP contribution is -2.35. The lowest BCUT2D eigenvalue weighted by atomic mass is 9.78. The number of hydrogen-bond donors (Lipinski definition) is 0. The fourth-order valence-electron chi connectivity index (χ4n) is 2.59. The van der Waals surface area contributed by atoms with Gasteiger partial charge in [-0.05, 0) is 31.6 Å². The third kappa shape index (κ3) is 3.53. The molecule has 1 heterocycles. The van der Waals surface area contributed by atoms with Crippen molar-refractivity contribution in [2.45, 2.75) is 37.3 Å². The van der Waals surface area contributed by atoms with Crippen LogP contribution in [0.5, 0.6) is 0 Å². The summed E-state index contributed by atoms with van der Waals surface area (Å²) in [6, 6.07) is 0.